The summed E-state index contributed by atoms with van der Waals surface area (Å²) in [4.78, 5) is 16.3. The lowest BCUT2D eigenvalue weighted by molar-refractivity contribution is 0.0389. The number of hydrogen-bond donors (Lipinski definition) is 0. The lowest BCUT2D eigenvalue weighted by Gasteiger charge is -2.36. The van der Waals surface area contributed by atoms with Crippen molar-refractivity contribution in [2.45, 2.75) is 24.7 Å². The number of rotatable bonds is 4. The number of carbonyl (C=O) groups is 1. The third-order valence-corrected chi connectivity index (χ3v) is 6.23. The molecule has 0 atom stereocenters. The summed E-state index contributed by atoms with van der Waals surface area (Å²) in [6, 6.07) is 6.69. The van der Waals surface area contributed by atoms with Crippen LogP contribution < -0.4 is 0 Å². The van der Waals surface area contributed by atoms with Crippen LogP contribution in [0, 0.1) is 12.8 Å². The zero-order valence-corrected chi connectivity index (χ0v) is 15.9. The van der Waals surface area contributed by atoms with Gasteiger partial charge in [-0.2, -0.15) is 8.42 Å². The van der Waals surface area contributed by atoms with E-state index in [0.717, 1.165) is 18.4 Å². The highest BCUT2D eigenvalue weighted by Gasteiger charge is 2.28. The number of benzene rings is 1. The Labute approximate surface area is 155 Å². The van der Waals surface area contributed by atoms with Crippen LogP contribution in [0.4, 0.5) is 4.79 Å². The van der Waals surface area contributed by atoms with Crippen molar-refractivity contribution >= 4 is 16.1 Å². The molecule has 144 valence electrons. The van der Waals surface area contributed by atoms with Crippen molar-refractivity contribution in [1.82, 2.24) is 9.80 Å². The van der Waals surface area contributed by atoms with Crippen molar-refractivity contribution < 1.29 is 22.1 Å². The Hall–Kier alpha value is -1.64. The minimum atomic E-state index is -3.73. The second-order valence-corrected chi connectivity index (χ2v) is 8.48. The molecule has 2 amide bonds. The fourth-order valence-electron chi connectivity index (χ4n) is 3.20. The van der Waals surface area contributed by atoms with E-state index in [1.54, 1.807) is 24.3 Å². The highest BCUT2D eigenvalue weighted by Crippen LogP contribution is 2.21. The molecule has 2 heterocycles. The molecule has 2 aliphatic rings. The van der Waals surface area contributed by atoms with Crippen LogP contribution in [-0.2, 0) is 19.0 Å². The number of hydrogen-bond acceptors (Lipinski definition) is 5. The Morgan fingerprint density at radius 2 is 1.65 bits per heavy atom. The van der Waals surface area contributed by atoms with Crippen LogP contribution in [0.1, 0.15) is 18.4 Å². The first-order valence-electron chi connectivity index (χ1n) is 9.03. The van der Waals surface area contributed by atoms with E-state index >= 15 is 0 Å². The first kappa shape index (κ1) is 19.1. The van der Waals surface area contributed by atoms with Gasteiger partial charge in [-0.1, -0.05) is 17.7 Å². The predicted octanol–water partition coefficient (Wildman–Crippen LogP) is 1.86. The van der Waals surface area contributed by atoms with E-state index in [9.17, 15) is 13.2 Å². The molecule has 2 saturated heterocycles. The van der Waals surface area contributed by atoms with Crippen LogP contribution in [0.5, 0.6) is 0 Å². The number of morpholine rings is 1. The van der Waals surface area contributed by atoms with E-state index in [1.807, 2.05) is 16.7 Å². The van der Waals surface area contributed by atoms with Gasteiger partial charge < -0.3 is 14.5 Å². The maximum absolute atomic E-state index is 12.5. The molecule has 2 fully saturated rings. The lowest BCUT2D eigenvalue weighted by atomic mass is 9.98. The summed E-state index contributed by atoms with van der Waals surface area (Å²) in [5.74, 6) is 0.143. The first-order chi connectivity index (χ1) is 12.5. The largest absolute Gasteiger partial charge is 0.378 e. The maximum atomic E-state index is 12.5. The van der Waals surface area contributed by atoms with Crippen molar-refractivity contribution in [3.05, 3.63) is 29.8 Å². The third-order valence-electron chi connectivity index (χ3n) is 4.94. The van der Waals surface area contributed by atoms with Gasteiger partial charge in [-0.15, -0.1) is 0 Å². The second-order valence-electron chi connectivity index (χ2n) is 6.86. The minimum Gasteiger partial charge on any atom is -0.378 e. The van der Waals surface area contributed by atoms with Crippen molar-refractivity contribution in [3.8, 4) is 0 Å². The quantitative estimate of drug-likeness (QED) is 0.743. The molecule has 1 aromatic rings. The molecule has 0 unspecified atom stereocenters. The van der Waals surface area contributed by atoms with Gasteiger partial charge in [0.15, 0.2) is 0 Å². The molecule has 7 nitrogen and oxygen atoms in total. The fourth-order valence-corrected chi connectivity index (χ4v) is 4.18. The van der Waals surface area contributed by atoms with E-state index < -0.39 is 10.1 Å². The topological polar surface area (TPSA) is 76.2 Å². The van der Waals surface area contributed by atoms with Crippen molar-refractivity contribution in [3.63, 3.8) is 0 Å². The molecule has 8 heteroatoms. The summed E-state index contributed by atoms with van der Waals surface area (Å²) in [6.07, 6.45) is 1.50. The highest BCUT2D eigenvalue weighted by molar-refractivity contribution is 7.86. The summed E-state index contributed by atoms with van der Waals surface area (Å²) >= 11 is 0. The summed E-state index contributed by atoms with van der Waals surface area (Å²) in [6.45, 7) is 5.79. The maximum Gasteiger partial charge on any atom is 0.320 e. The molecule has 0 N–H and O–H groups in total. The van der Waals surface area contributed by atoms with E-state index in [2.05, 4.69) is 0 Å². The van der Waals surface area contributed by atoms with E-state index in [4.69, 9.17) is 8.92 Å². The lowest BCUT2D eigenvalue weighted by Crippen LogP contribution is -2.50. The van der Waals surface area contributed by atoms with Crippen molar-refractivity contribution in [2.24, 2.45) is 5.92 Å². The van der Waals surface area contributed by atoms with Gasteiger partial charge in [-0.25, -0.2) is 4.79 Å². The fraction of sp³-hybridized carbons (Fsp3) is 0.611. The minimum absolute atomic E-state index is 0.0555. The highest BCUT2D eigenvalue weighted by atomic mass is 32.2. The number of piperidine rings is 1. The summed E-state index contributed by atoms with van der Waals surface area (Å²) in [7, 11) is -3.73. The van der Waals surface area contributed by atoms with Gasteiger partial charge in [0, 0.05) is 26.2 Å². The number of amides is 2. The van der Waals surface area contributed by atoms with Gasteiger partial charge in [0.2, 0.25) is 0 Å². The monoisotopic (exact) mass is 382 g/mol. The first-order valence-corrected chi connectivity index (χ1v) is 10.4. The van der Waals surface area contributed by atoms with Gasteiger partial charge in [0.1, 0.15) is 0 Å². The standard InChI is InChI=1S/C18H26N2O5S/c1-15-2-4-17(5-3-15)26(22,23)25-14-16-6-8-19(9-7-16)18(21)20-10-12-24-13-11-20/h2-5,16H,6-14H2,1H3. The van der Waals surface area contributed by atoms with E-state index in [1.165, 1.54) is 0 Å². The zero-order chi connectivity index (χ0) is 18.6. The summed E-state index contributed by atoms with van der Waals surface area (Å²) < 4.78 is 35.0. The Balaban J connectivity index is 1.46. The van der Waals surface area contributed by atoms with Crippen LogP contribution in [0.2, 0.25) is 0 Å². The molecule has 0 saturated carbocycles. The van der Waals surface area contributed by atoms with Gasteiger partial charge >= 0.3 is 6.03 Å². The molecular formula is C18H26N2O5S. The molecule has 0 bridgehead atoms. The molecule has 3 rings (SSSR count). The molecule has 26 heavy (non-hydrogen) atoms. The van der Waals surface area contributed by atoms with Crippen LogP contribution in [-0.4, -0.2) is 70.2 Å². The summed E-state index contributed by atoms with van der Waals surface area (Å²) in [5, 5.41) is 0. The number of urea groups is 1. The number of aryl methyl sites for hydroxylation is 1. The van der Waals surface area contributed by atoms with Crippen LogP contribution in [0.3, 0.4) is 0 Å². The van der Waals surface area contributed by atoms with Gasteiger partial charge in [-0.3, -0.25) is 4.18 Å². The second kappa shape index (κ2) is 8.37. The Kier molecular flexibility index (Phi) is 6.16. The molecule has 2 aliphatic heterocycles. The Bertz CT molecular complexity index is 706. The Morgan fingerprint density at radius 3 is 2.27 bits per heavy atom. The van der Waals surface area contributed by atoms with Crippen molar-refractivity contribution in [2.75, 3.05) is 46.0 Å². The van der Waals surface area contributed by atoms with Crippen molar-refractivity contribution in [1.29, 1.82) is 0 Å². The van der Waals surface area contributed by atoms with Gasteiger partial charge in [0.25, 0.3) is 10.1 Å². The van der Waals surface area contributed by atoms with Gasteiger partial charge in [0.05, 0.1) is 24.7 Å². The SMILES string of the molecule is Cc1ccc(S(=O)(=O)OCC2CCN(C(=O)N3CCOCC3)CC2)cc1. The molecule has 0 aliphatic carbocycles. The zero-order valence-electron chi connectivity index (χ0n) is 15.1. The molecule has 0 radical (unpaired) electrons. The number of ether oxygens (including phenoxy) is 1. The van der Waals surface area contributed by atoms with E-state index in [0.29, 0.717) is 39.4 Å². The number of nitrogens with zero attached hydrogens (tertiary/aromatic N) is 2. The third kappa shape index (κ3) is 4.75. The molecule has 0 aromatic heterocycles. The molecule has 1 aromatic carbocycles. The number of likely N-dealkylation sites (tertiary alicyclic amines) is 1. The normalized spacial score (nSPS) is 19.6. The van der Waals surface area contributed by atoms with Crippen LogP contribution >= 0.6 is 0 Å². The summed E-state index contributed by atoms with van der Waals surface area (Å²) in [5.41, 5.74) is 1.00. The predicted molar refractivity (Wildman–Crippen MR) is 96.4 cm³/mol. The average Bonchev–Trinajstić information content (AvgIpc) is 2.67. The van der Waals surface area contributed by atoms with Crippen LogP contribution in [0.25, 0.3) is 0 Å². The van der Waals surface area contributed by atoms with Crippen LogP contribution in [0.15, 0.2) is 29.2 Å². The van der Waals surface area contributed by atoms with Gasteiger partial charge in [-0.05, 0) is 37.8 Å². The average molecular weight is 382 g/mol. The number of carbonyl (C=O) groups excluding carboxylic acids is 1. The Morgan fingerprint density at radius 1 is 1.08 bits per heavy atom. The molecule has 0 spiro atoms. The van der Waals surface area contributed by atoms with E-state index in [-0.39, 0.29) is 23.5 Å². The molecular weight excluding hydrogens is 356 g/mol. The smallest absolute Gasteiger partial charge is 0.320 e.